The van der Waals surface area contributed by atoms with Crippen molar-refractivity contribution in [2.75, 3.05) is 34.9 Å². The standard InChI is InChI=1S/C18H25N3O2S.HI/c1-19-18(20-10-9-16-6-5-11-24-16)21(2)13-14-7-8-15(22-3)12-17(14)23-4;/h5-8,11-12H,9-10,13H2,1-4H3,(H,19,20);1H. The smallest absolute Gasteiger partial charge is 0.193 e. The lowest BCUT2D eigenvalue weighted by molar-refractivity contribution is 0.382. The highest BCUT2D eigenvalue weighted by Crippen LogP contribution is 2.25. The van der Waals surface area contributed by atoms with Crippen LogP contribution in [0.1, 0.15) is 10.4 Å². The van der Waals surface area contributed by atoms with E-state index in [2.05, 4.69) is 32.7 Å². The lowest BCUT2D eigenvalue weighted by Gasteiger charge is -2.23. The van der Waals surface area contributed by atoms with E-state index >= 15 is 0 Å². The molecule has 0 aliphatic carbocycles. The number of hydrogen-bond donors (Lipinski definition) is 1. The van der Waals surface area contributed by atoms with Gasteiger partial charge in [0.1, 0.15) is 11.5 Å². The second-order valence-electron chi connectivity index (χ2n) is 5.34. The number of nitrogens with one attached hydrogen (secondary N) is 1. The van der Waals surface area contributed by atoms with E-state index in [1.807, 2.05) is 25.2 Å². The van der Waals surface area contributed by atoms with Gasteiger partial charge in [0, 0.05) is 43.7 Å². The summed E-state index contributed by atoms with van der Waals surface area (Å²) in [6.45, 7) is 1.56. The Hall–Kier alpha value is -1.48. The van der Waals surface area contributed by atoms with Gasteiger partial charge in [0.25, 0.3) is 0 Å². The van der Waals surface area contributed by atoms with Gasteiger partial charge < -0.3 is 19.7 Å². The fourth-order valence-corrected chi connectivity index (χ4v) is 3.16. The first kappa shape index (κ1) is 21.6. The molecule has 0 aliphatic rings. The summed E-state index contributed by atoms with van der Waals surface area (Å²) in [6, 6.07) is 10.1. The number of ether oxygens (including phenoxy) is 2. The summed E-state index contributed by atoms with van der Waals surface area (Å²) < 4.78 is 10.7. The summed E-state index contributed by atoms with van der Waals surface area (Å²) in [5.74, 6) is 2.47. The highest BCUT2D eigenvalue weighted by molar-refractivity contribution is 14.0. The number of thiophene rings is 1. The van der Waals surface area contributed by atoms with Gasteiger partial charge in [-0.3, -0.25) is 4.99 Å². The fourth-order valence-electron chi connectivity index (χ4n) is 2.45. The summed E-state index contributed by atoms with van der Waals surface area (Å²) in [5.41, 5.74) is 1.09. The molecule has 1 heterocycles. The van der Waals surface area contributed by atoms with Crippen LogP contribution in [-0.4, -0.2) is 45.7 Å². The zero-order chi connectivity index (χ0) is 17.4. The molecule has 138 valence electrons. The van der Waals surface area contributed by atoms with E-state index in [0.717, 1.165) is 36.0 Å². The summed E-state index contributed by atoms with van der Waals surface area (Å²) in [4.78, 5) is 7.82. The van der Waals surface area contributed by atoms with Crippen molar-refractivity contribution in [1.29, 1.82) is 0 Å². The predicted molar refractivity (Wildman–Crippen MR) is 116 cm³/mol. The van der Waals surface area contributed by atoms with E-state index in [1.54, 1.807) is 32.6 Å². The number of halogens is 1. The third kappa shape index (κ3) is 6.39. The molecule has 0 aliphatic heterocycles. The molecule has 0 saturated carbocycles. The van der Waals surface area contributed by atoms with Gasteiger partial charge in [0.15, 0.2) is 5.96 Å². The minimum Gasteiger partial charge on any atom is -0.497 e. The molecule has 5 nitrogen and oxygen atoms in total. The average molecular weight is 475 g/mol. The lowest BCUT2D eigenvalue weighted by atomic mass is 10.2. The molecule has 0 unspecified atom stereocenters. The van der Waals surface area contributed by atoms with E-state index in [4.69, 9.17) is 9.47 Å². The Labute approximate surface area is 171 Å². The minimum absolute atomic E-state index is 0. The molecule has 7 heteroatoms. The van der Waals surface area contributed by atoms with Crippen molar-refractivity contribution in [3.63, 3.8) is 0 Å². The van der Waals surface area contributed by atoms with Crippen LogP contribution in [0.15, 0.2) is 40.7 Å². The first-order valence-corrected chi connectivity index (χ1v) is 8.71. The molecule has 0 atom stereocenters. The lowest BCUT2D eigenvalue weighted by Crippen LogP contribution is -2.39. The van der Waals surface area contributed by atoms with Gasteiger partial charge in [-0.25, -0.2) is 0 Å². The van der Waals surface area contributed by atoms with Gasteiger partial charge >= 0.3 is 0 Å². The molecule has 1 aromatic heterocycles. The summed E-state index contributed by atoms with van der Waals surface area (Å²) in [6.07, 6.45) is 0.996. The van der Waals surface area contributed by atoms with Crippen LogP contribution < -0.4 is 14.8 Å². The van der Waals surface area contributed by atoms with Crippen LogP contribution in [0.2, 0.25) is 0 Å². The largest absolute Gasteiger partial charge is 0.497 e. The Balaban J connectivity index is 0.00000312. The average Bonchev–Trinajstić information content (AvgIpc) is 3.12. The number of methoxy groups -OCH3 is 2. The first-order chi connectivity index (χ1) is 11.7. The maximum absolute atomic E-state index is 5.47. The van der Waals surface area contributed by atoms with Crippen molar-refractivity contribution < 1.29 is 9.47 Å². The quantitative estimate of drug-likeness (QED) is 0.378. The van der Waals surface area contributed by atoms with E-state index in [-0.39, 0.29) is 24.0 Å². The van der Waals surface area contributed by atoms with Crippen molar-refractivity contribution >= 4 is 41.3 Å². The molecule has 0 spiro atoms. The Morgan fingerprint density at radius 1 is 1.24 bits per heavy atom. The van der Waals surface area contributed by atoms with Gasteiger partial charge in [-0.05, 0) is 30.0 Å². The van der Waals surface area contributed by atoms with Crippen molar-refractivity contribution in [2.45, 2.75) is 13.0 Å². The van der Waals surface area contributed by atoms with E-state index in [9.17, 15) is 0 Å². The van der Waals surface area contributed by atoms with Crippen LogP contribution >= 0.6 is 35.3 Å². The number of nitrogens with zero attached hydrogens (tertiary/aromatic N) is 2. The van der Waals surface area contributed by atoms with Crippen molar-refractivity contribution in [2.24, 2.45) is 4.99 Å². The maximum Gasteiger partial charge on any atom is 0.193 e. The van der Waals surface area contributed by atoms with Crippen LogP contribution in [0.25, 0.3) is 0 Å². The van der Waals surface area contributed by atoms with Crippen LogP contribution in [0.5, 0.6) is 11.5 Å². The van der Waals surface area contributed by atoms with Crippen LogP contribution in [0.4, 0.5) is 0 Å². The molecule has 1 N–H and O–H groups in total. The van der Waals surface area contributed by atoms with Gasteiger partial charge in [0.05, 0.1) is 14.2 Å². The number of rotatable bonds is 7. The zero-order valence-corrected chi connectivity index (χ0v) is 18.3. The summed E-state index contributed by atoms with van der Waals surface area (Å²) >= 11 is 1.78. The Bertz CT molecular complexity index is 662. The molecule has 0 radical (unpaired) electrons. The highest BCUT2D eigenvalue weighted by Gasteiger charge is 2.11. The minimum atomic E-state index is 0. The summed E-state index contributed by atoms with van der Waals surface area (Å²) in [7, 11) is 7.14. The Morgan fingerprint density at radius 3 is 2.64 bits per heavy atom. The second kappa shape index (κ2) is 11.2. The number of benzene rings is 1. The second-order valence-corrected chi connectivity index (χ2v) is 6.37. The van der Waals surface area contributed by atoms with Crippen LogP contribution in [0, 0.1) is 0 Å². The number of guanidine groups is 1. The number of aliphatic imine (C=N–C) groups is 1. The molecule has 0 bridgehead atoms. The highest BCUT2D eigenvalue weighted by atomic mass is 127. The van der Waals surface area contributed by atoms with Crippen molar-refractivity contribution in [1.82, 2.24) is 10.2 Å². The Kier molecular flexibility index (Phi) is 9.66. The molecule has 1 aromatic carbocycles. The molecule has 0 fully saturated rings. The zero-order valence-electron chi connectivity index (χ0n) is 15.1. The van der Waals surface area contributed by atoms with Gasteiger partial charge in [-0.2, -0.15) is 0 Å². The SMILES string of the molecule is CN=C(NCCc1cccs1)N(C)Cc1ccc(OC)cc1OC.I. The topological polar surface area (TPSA) is 46.1 Å². The van der Waals surface area contributed by atoms with Gasteiger partial charge in [-0.15, -0.1) is 35.3 Å². The van der Waals surface area contributed by atoms with Gasteiger partial charge in [-0.1, -0.05) is 6.07 Å². The predicted octanol–water partition coefficient (Wildman–Crippen LogP) is 3.63. The van der Waals surface area contributed by atoms with E-state index in [0.29, 0.717) is 6.54 Å². The molecule has 0 saturated heterocycles. The van der Waals surface area contributed by atoms with Crippen molar-refractivity contribution in [3.8, 4) is 11.5 Å². The van der Waals surface area contributed by atoms with E-state index in [1.165, 1.54) is 4.88 Å². The molecule has 2 aromatic rings. The van der Waals surface area contributed by atoms with Gasteiger partial charge in [0.2, 0.25) is 0 Å². The van der Waals surface area contributed by atoms with E-state index < -0.39 is 0 Å². The first-order valence-electron chi connectivity index (χ1n) is 7.83. The Morgan fingerprint density at radius 2 is 2.04 bits per heavy atom. The molecule has 25 heavy (non-hydrogen) atoms. The number of hydrogen-bond acceptors (Lipinski definition) is 4. The summed E-state index contributed by atoms with van der Waals surface area (Å²) in [5, 5.41) is 5.51. The third-order valence-corrected chi connectivity index (χ3v) is 4.65. The van der Waals surface area contributed by atoms with Crippen LogP contribution in [-0.2, 0) is 13.0 Å². The molecular weight excluding hydrogens is 449 g/mol. The van der Waals surface area contributed by atoms with Crippen molar-refractivity contribution in [3.05, 3.63) is 46.2 Å². The molecule has 0 amide bonds. The fraction of sp³-hybridized carbons (Fsp3) is 0.389. The van der Waals surface area contributed by atoms with Crippen LogP contribution in [0.3, 0.4) is 0 Å². The molecule has 2 rings (SSSR count). The third-order valence-electron chi connectivity index (χ3n) is 3.71. The maximum atomic E-state index is 5.47. The normalized spacial score (nSPS) is 10.8. The monoisotopic (exact) mass is 475 g/mol. The molecular formula is C18H26IN3O2S.